The van der Waals surface area contributed by atoms with Crippen molar-refractivity contribution in [3.8, 4) is 0 Å². The van der Waals surface area contributed by atoms with Crippen LogP contribution in [0.25, 0.3) is 0 Å². The lowest BCUT2D eigenvalue weighted by atomic mass is 10.0. The number of amides is 4. The van der Waals surface area contributed by atoms with Crippen LogP contribution >= 0.6 is 0 Å². The number of hydrogen-bond donors (Lipinski definition) is 4. The highest BCUT2D eigenvalue weighted by Crippen LogP contribution is 2.22. The molecule has 126 valence electrons. The molecule has 0 aromatic heterocycles. The van der Waals surface area contributed by atoms with Crippen LogP contribution in [0.5, 0.6) is 0 Å². The Balaban J connectivity index is 1.86. The molecule has 0 atom stereocenters. The normalized spacial score (nSPS) is 12.4. The Kier molecular flexibility index (Phi) is 3.94. The average Bonchev–Trinajstić information content (AvgIpc) is 2.84. The summed E-state index contributed by atoms with van der Waals surface area (Å²) < 4.78 is 0. The van der Waals surface area contributed by atoms with Crippen LogP contribution < -0.4 is 16.0 Å². The second kappa shape index (κ2) is 6.08. The number of fused-ring (bicyclic) bond motifs is 1. The molecule has 1 aliphatic heterocycles. The predicted molar refractivity (Wildman–Crippen MR) is 89.0 cm³/mol. The summed E-state index contributed by atoms with van der Waals surface area (Å²) in [5.74, 6) is -1.51. The first-order valence-electron chi connectivity index (χ1n) is 7.27. The molecule has 1 aliphatic rings. The zero-order valence-corrected chi connectivity index (χ0v) is 13.0. The van der Waals surface area contributed by atoms with Crippen molar-refractivity contribution in [1.29, 1.82) is 0 Å². The van der Waals surface area contributed by atoms with Crippen LogP contribution in [0.15, 0.2) is 36.4 Å². The Hall–Kier alpha value is -3.68. The van der Waals surface area contributed by atoms with E-state index in [1.165, 1.54) is 24.3 Å². The van der Waals surface area contributed by atoms with Gasteiger partial charge in [-0.25, -0.2) is 4.79 Å². The van der Waals surface area contributed by atoms with E-state index in [0.29, 0.717) is 11.4 Å². The minimum absolute atomic E-state index is 0.149. The molecule has 4 N–H and O–H groups in total. The summed E-state index contributed by atoms with van der Waals surface area (Å²) in [4.78, 5) is 46.3. The van der Waals surface area contributed by atoms with Gasteiger partial charge in [-0.1, -0.05) is 6.07 Å². The molecule has 0 bridgehead atoms. The number of imide groups is 1. The number of carbonyl (C=O) groups excluding carboxylic acids is 3. The van der Waals surface area contributed by atoms with Crippen molar-refractivity contribution < 1.29 is 24.3 Å². The highest BCUT2D eigenvalue weighted by molar-refractivity contribution is 6.22. The largest absolute Gasteiger partial charge is 0.465 e. The Labute approximate surface area is 141 Å². The number of nitrogens with one attached hydrogen (secondary N) is 3. The van der Waals surface area contributed by atoms with Gasteiger partial charge in [0, 0.05) is 16.9 Å². The molecular weight excluding hydrogens is 326 g/mol. The lowest BCUT2D eigenvalue weighted by Crippen LogP contribution is -2.20. The molecule has 25 heavy (non-hydrogen) atoms. The summed E-state index contributed by atoms with van der Waals surface area (Å²) in [5, 5.41) is 15.8. The molecule has 0 fully saturated rings. The first kappa shape index (κ1) is 16.2. The third-order valence-electron chi connectivity index (χ3n) is 3.74. The van der Waals surface area contributed by atoms with Crippen LogP contribution in [0.1, 0.15) is 36.6 Å². The van der Waals surface area contributed by atoms with E-state index in [-0.39, 0.29) is 16.7 Å². The number of aryl methyl sites for hydroxylation is 1. The van der Waals surface area contributed by atoms with Gasteiger partial charge in [0.1, 0.15) is 0 Å². The van der Waals surface area contributed by atoms with Crippen molar-refractivity contribution >= 4 is 35.2 Å². The fourth-order valence-corrected chi connectivity index (χ4v) is 2.46. The van der Waals surface area contributed by atoms with Crippen molar-refractivity contribution in [3.63, 3.8) is 0 Å². The fourth-order valence-electron chi connectivity index (χ4n) is 2.46. The zero-order valence-electron chi connectivity index (χ0n) is 13.0. The molecule has 8 heteroatoms. The third-order valence-corrected chi connectivity index (χ3v) is 3.74. The number of carbonyl (C=O) groups is 4. The van der Waals surface area contributed by atoms with Crippen molar-refractivity contribution in [3.05, 3.63) is 58.7 Å². The van der Waals surface area contributed by atoms with Crippen LogP contribution in [-0.2, 0) is 0 Å². The second-order valence-corrected chi connectivity index (χ2v) is 5.46. The van der Waals surface area contributed by atoms with Crippen molar-refractivity contribution in [2.75, 3.05) is 10.6 Å². The van der Waals surface area contributed by atoms with Crippen LogP contribution in [0.2, 0.25) is 0 Å². The molecule has 8 nitrogen and oxygen atoms in total. The molecule has 0 saturated carbocycles. The van der Waals surface area contributed by atoms with E-state index >= 15 is 0 Å². The SMILES string of the molecule is Cc1ccc(NC(=O)O)cc1NC(=O)c1ccc2c(c1)C(=O)NC2=O. The van der Waals surface area contributed by atoms with Gasteiger partial charge < -0.3 is 10.4 Å². The predicted octanol–water partition coefficient (Wildman–Crippen LogP) is 2.22. The number of anilines is 2. The molecule has 1 heterocycles. The third kappa shape index (κ3) is 3.18. The molecule has 0 unspecified atom stereocenters. The highest BCUT2D eigenvalue weighted by atomic mass is 16.4. The van der Waals surface area contributed by atoms with E-state index < -0.39 is 23.8 Å². The van der Waals surface area contributed by atoms with Gasteiger partial charge in [-0.15, -0.1) is 0 Å². The first-order chi connectivity index (χ1) is 11.8. The van der Waals surface area contributed by atoms with Crippen LogP contribution in [0.3, 0.4) is 0 Å². The highest BCUT2D eigenvalue weighted by Gasteiger charge is 2.27. The molecule has 2 aromatic carbocycles. The maximum Gasteiger partial charge on any atom is 0.409 e. The molecule has 0 aliphatic carbocycles. The smallest absolute Gasteiger partial charge is 0.409 e. The molecule has 0 saturated heterocycles. The van der Waals surface area contributed by atoms with Crippen molar-refractivity contribution in [1.82, 2.24) is 5.32 Å². The van der Waals surface area contributed by atoms with Crippen LogP contribution in [0.4, 0.5) is 16.2 Å². The van der Waals surface area contributed by atoms with Gasteiger partial charge in [0.25, 0.3) is 17.7 Å². The summed E-state index contributed by atoms with van der Waals surface area (Å²) in [5.41, 5.74) is 2.06. The average molecular weight is 339 g/mol. The van der Waals surface area contributed by atoms with E-state index in [0.717, 1.165) is 5.56 Å². The molecule has 0 spiro atoms. The van der Waals surface area contributed by atoms with E-state index in [2.05, 4.69) is 16.0 Å². The van der Waals surface area contributed by atoms with Crippen LogP contribution in [0, 0.1) is 6.92 Å². The van der Waals surface area contributed by atoms with E-state index in [1.807, 2.05) is 0 Å². The van der Waals surface area contributed by atoms with Gasteiger partial charge in [0.2, 0.25) is 0 Å². The summed E-state index contributed by atoms with van der Waals surface area (Å²) in [6.45, 7) is 1.76. The molecular formula is C17H13N3O5. The number of hydrogen-bond acceptors (Lipinski definition) is 4. The maximum absolute atomic E-state index is 12.4. The Bertz CT molecular complexity index is 936. The number of rotatable bonds is 3. The van der Waals surface area contributed by atoms with Crippen molar-refractivity contribution in [2.45, 2.75) is 6.92 Å². The molecule has 0 radical (unpaired) electrons. The minimum atomic E-state index is -1.21. The molecule has 4 amide bonds. The van der Waals surface area contributed by atoms with Gasteiger partial charge in [0.05, 0.1) is 11.1 Å². The van der Waals surface area contributed by atoms with E-state index in [1.54, 1.807) is 19.1 Å². The standard InChI is InChI=1S/C17H13N3O5/c1-8-2-4-10(18-17(24)25)7-13(8)19-14(21)9-3-5-11-12(6-9)16(23)20-15(11)22/h2-7,18H,1H3,(H,19,21)(H,24,25)(H,20,22,23). The topological polar surface area (TPSA) is 125 Å². The quantitative estimate of drug-likeness (QED) is 0.638. The van der Waals surface area contributed by atoms with Crippen molar-refractivity contribution in [2.24, 2.45) is 0 Å². The number of benzene rings is 2. The zero-order chi connectivity index (χ0) is 18.1. The summed E-state index contributed by atoms with van der Waals surface area (Å²) in [6, 6.07) is 8.94. The lowest BCUT2D eigenvalue weighted by molar-refractivity contribution is 0.0879. The Morgan fingerprint density at radius 2 is 1.68 bits per heavy atom. The van der Waals surface area contributed by atoms with Gasteiger partial charge >= 0.3 is 6.09 Å². The monoisotopic (exact) mass is 339 g/mol. The fraction of sp³-hybridized carbons (Fsp3) is 0.0588. The number of carboxylic acid groups (broad SMARTS) is 1. The van der Waals surface area contributed by atoms with Crippen LogP contribution in [-0.4, -0.2) is 28.9 Å². The molecule has 2 aromatic rings. The van der Waals surface area contributed by atoms with Gasteiger partial charge in [-0.3, -0.25) is 25.0 Å². The van der Waals surface area contributed by atoms with Gasteiger partial charge in [0.15, 0.2) is 0 Å². The van der Waals surface area contributed by atoms with Gasteiger partial charge in [-0.05, 0) is 42.8 Å². The first-order valence-corrected chi connectivity index (χ1v) is 7.27. The second-order valence-electron chi connectivity index (χ2n) is 5.46. The molecule has 3 rings (SSSR count). The van der Waals surface area contributed by atoms with Gasteiger partial charge in [-0.2, -0.15) is 0 Å². The maximum atomic E-state index is 12.4. The lowest BCUT2D eigenvalue weighted by Gasteiger charge is -2.11. The minimum Gasteiger partial charge on any atom is -0.465 e. The summed E-state index contributed by atoms with van der Waals surface area (Å²) >= 11 is 0. The Morgan fingerprint density at radius 1 is 0.960 bits per heavy atom. The van der Waals surface area contributed by atoms with E-state index in [4.69, 9.17) is 5.11 Å². The summed E-state index contributed by atoms with van der Waals surface area (Å²) in [7, 11) is 0. The van der Waals surface area contributed by atoms with E-state index in [9.17, 15) is 19.2 Å². The summed E-state index contributed by atoms with van der Waals surface area (Å²) in [6.07, 6.45) is -1.21. The Morgan fingerprint density at radius 3 is 2.40 bits per heavy atom.